The minimum absolute atomic E-state index is 0.187. The van der Waals surface area contributed by atoms with Crippen molar-refractivity contribution in [2.75, 3.05) is 23.7 Å². The molecule has 27 heavy (non-hydrogen) atoms. The third kappa shape index (κ3) is 5.03. The Balaban J connectivity index is 1.68. The summed E-state index contributed by atoms with van der Waals surface area (Å²) < 4.78 is 31.6. The standard InChI is InChI=1S/C20H28N2O4S/c1-15-8-9-18-17(14-15)22(27(2,24)25)13-11-19(26-18)20(23)21-12-10-16-6-4-3-5-7-16/h6,8-9,14,19H,3-5,7,10-13H2,1-2H3,(H,21,23). The lowest BCUT2D eigenvalue weighted by Gasteiger charge is -2.21. The molecule has 0 radical (unpaired) electrons. The van der Waals surface area contributed by atoms with E-state index in [1.165, 1.54) is 29.0 Å². The van der Waals surface area contributed by atoms with Crippen molar-refractivity contribution >= 4 is 21.6 Å². The Morgan fingerprint density at radius 2 is 2.15 bits per heavy atom. The van der Waals surface area contributed by atoms with Crippen LogP contribution in [0.2, 0.25) is 0 Å². The Morgan fingerprint density at radius 3 is 2.85 bits per heavy atom. The molecule has 3 rings (SSSR count). The van der Waals surface area contributed by atoms with Crippen LogP contribution < -0.4 is 14.4 Å². The van der Waals surface area contributed by atoms with Gasteiger partial charge in [0.15, 0.2) is 6.10 Å². The molecule has 1 aliphatic heterocycles. The number of nitrogens with one attached hydrogen (secondary N) is 1. The molecule has 0 aromatic heterocycles. The third-order valence-electron chi connectivity index (χ3n) is 5.07. The minimum atomic E-state index is -3.45. The number of anilines is 1. The van der Waals surface area contributed by atoms with Crippen LogP contribution in [0.5, 0.6) is 5.75 Å². The smallest absolute Gasteiger partial charge is 0.261 e. The zero-order valence-corrected chi connectivity index (χ0v) is 16.8. The first-order valence-electron chi connectivity index (χ1n) is 9.55. The van der Waals surface area contributed by atoms with Crippen molar-refractivity contribution in [2.24, 2.45) is 0 Å². The van der Waals surface area contributed by atoms with Gasteiger partial charge in [0.1, 0.15) is 5.75 Å². The fraction of sp³-hybridized carbons (Fsp3) is 0.550. The van der Waals surface area contributed by atoms with Crippen LogP contribution in [-0.2, 0) is 14.8 Å². The van der Waals surface area contributed by atoms with E-state index >= 15 is 0 Å². The number of sulfonamides is 1. The summed E-state index contributed by atoms with van der Waals surface area (Å²) in [4.78, 5) is 12.6. The number of benzene rings is 1. The fourth-order valence-electron chi connectivity index (χ4n) is 3.61. The van der Waals surface area contributed by atoms with E-state index in [0.29, 0.717) is 24.4 Å². The van der Waals surface area contributed by atoms with Gasteiger partial charge in [0.05, 0.1) is 11.9 Å². The monoisotopic (exact) mass is 392 g/mol. The van der Waals surface area contributed by atoms with Gasteiger partial charge in [-0.25, -0.2) is 8.42 Å². The summed E-state index contributed by atoms with van der Waals surface area (Å²) in [6, 6.07) is 5.38. The first-order chi connectivity index (χ1) is 12.8. The molecule has 0 saturated carbocycles. The molecule has 1 aromatic carbocycles. The average molecular weight is 393 g/mol. The molecule has 1 atom stereocenters. The van der Waals surface area contributed by atoms with Gasteiger partial charge in [-0.2, -0.15) is 0 Å². The highest BCUT2D eigenvalue weighted by atomic mass is 32.2. The number of hydrogen-bond donors (Lipinski definition) is 1. The lowest BCUT2D eigenvalue weighted by Crippen LogP contribution is -2.40. The number of aryl methyl sites for hydroxylation is 1. The third-order valence-corrected chi connectivity index (χ3v) is 6.25. The number of nitrogens with zero attached hydrogens (tertiary/aromatic N) is 1. The number of allylic oxidation sites excluding steroid dienone is 1. The van der Waals surface area contributed by atoms with Crippen LogP contribution in [0.4, 0.5) is 5.69 Å². The minimum Gasteiger partial charge on any atom is -0.478 e. The summed E-state index contributed by atoms with van der Waals surface area (Å²) >= 11 is 0. The van der Waals surface area contributed by atoms with Crippen LogP contribution in [0.1, 0.15) is 44.1 Å². The number of rotatable bonds is 5. The van der Waals surface area contributed by atoms with Gasteiger partial charge in [0.2, 0.25) is 10.0 Å². The van der Waals surface area contributed by atoms with Gasteiger partial charge in [0.25, 0.3) is 5.91 Å². The van der Waals surface area contributed by atoms with Crippen LogP contribution in [0, 0.1) is 6.92 Å². The molecule has 0 bridgehead atoms. The van der Waals surface area contributed by atoms with E-state index in [2.05, 4.69) is 11.4 Å². The average Bonchev–Trinajstić information content (AvgIpc) is 2.81. The molecule has 1 aromatic rings. The van der Waals surface area contributed by atoms with E-state index in [4.69, 9.17) is 4.74 Å². The molecular formula is C20H28N2O4S. The van der Waals surface area contributed by atoms with Crippen molar-refractivity contribution in [3.8, 4) is 5.75 Å². The summed E-state index contributed by atoms with van der Waals surface area (Å²) in [6.07, 6.45) is 8.67. The zero-order chi connectivity index (χ0) is 19.4. The predicted octanol–water partition coefficient (Wildman–Crippen LogP) is 2.92. The molecule has 1 heterocycles. The molecule has 148 valence electrons. The highest BCUT2D eigenvalue weighted by Crippen LogP contribution is 2.35. The van der Waals surface area contributed by atoms with Crippen LogP contribution in [-0.4, -0.2) is 39.8 Å². The second kappa shape index (κ2) is 8.33. The second-order valence-electron chi connectivity index (χ2n) is 7.35. The Kier molecular flexibility index (Phi) is 6.09. The number of fused-ring (bicyclic) bond motifs is 1. The lowest BCUT2D eigenvalue weighted by molar-refractivity contribution is -0.128. The van der Waals surface area contributed by atoms with Gasteiger partial charge in [-0.05, 0) is 56.7 Å². The van der Waals surface area contributed by atoms with Gasteiger partial charge in [-0.15, -0.1) is 0 Å². The van der Waals surface area contributed by atoms with E-state index in [0.717, 1.165) is 24.8 Å². The molecular weight excluding hydrogens is 364 g/mol. The van der Waals surface area contributed by atoms with Crippen molar-refractivity contribution in [3.63, 3.8) is 0 Å². The van der Waals surface area contributed by atoms with Crippen molar-refractivity contribution in [1.29, 1.82) is 0 Å². The molecule has 0 saturated heterocycles. The first kappa shape index (κ1) is 19.7. The summed E-state index contributed by atoms with van der Waals surface area (Å²) in [6.45, 7) is 2.70. The highest BCUT2D eigenvalue weighted by molar-refractivity contribution is 7.92. The van der Waals surface area contributed by atoms with E-state index in [9.17, 15) is 13.2 Å². The summed E-state index contributed by atoms with van der Waals surface area (Å²) in [5.74, 6) is 0.243. The van der Waals surface area contributed by atoms with Crippen molar-refractivity contribution in [1.82, 2.24) is 5.32 Å². The second-order valence-corrected chi connectivity index (χ2v) is 9.26. The maximum absolute atomic E-state index is 12.6. The number of ether oxygens (including phenoxy) is 1. The lowest BCUT2D eigenvalue weighted by atomic mass is 9.97. The van der Waals surface area contributed by atoms with E-state index in [1.807, 2.05) is 13.0 Å². The van der Waals surface area contributed by atoms with Crippen LogP contribution in [0.25, 0.3) is 0 Å². The number of carbonyl (C=O) groups is 1. The fourth-order valence-corrected chi connectivity index (χ4v) is 4.55. The topological polar surface area (TPSA) is 75.7 Å². The van der Waals surface area contributed by atoms with Crippen molar-refractivity contribution in [3.05, 3.63) is 35.4 Å². The summed E-state index contributed by atoms with van der Waals surface area (Å²) in [5, 5.41) is 2.95. The quantitative estimate of drug-likeness (QED) is 0.782. The molecule has 1 N–H and O–H groups in total. The molecule has 2 aliphatic rings. The molecule has 7 heteroatoms. The molecule has 6 nitrogen and oxygen atoms in total. The SMILES string of the molecule is Cc1ccc2c(c1)N(S(C)(=O)=O)CCC(C(=O)NCCC1=CCCCC1)O2. The van der Waals surface area contributed by atoms with Gasteiger partial charge in [-0.1, -0.05) is 17.7 Å². The van der Waals surface area contributed by atoms with E-state index in [-0.39, 0.29) is 12.5 Å². The Labute approximate surface area is 161 Å². The van der Waals surface area contributed by atoms with Crippen LogP contribution >= 0.6 is 0 Å². The number of amides is 1. The van der Waals surface area contributed by atoms with Crippen LogP contribution in [0.3, 0.4) is 0 Å². The number of carbonyl (C=O) groups excluding carboxylic acids is 1. The van der Waals surface area contributed by atoms with Gasteiger partial charge < -0.3 is 10.1 Å². The molecule has 0 spiro atoms. The molecule has 1 unspecified atom stereocenters. The first-order valence-corrected chi connectivity index (χ1v) is 11.4. The maximum atomic E-state index is 12.6. The van der Waals surface area contributed by atoms with Crippen molar-refractivity contribution in [2.45, 2.75) is 51.6 Å². The Bertz CT molecular complexity index is 832. The largest absolute Gasteiger partial charge is 0.478 e. The molecule has 1 amide bonds. The van der Waals surface area contributed by atoms with Crippen molar-refractivity contribution < 1.29 is 17.9 Å². The molecule has 0 fully saturated rings. The molecule has 1 aliphatic carbocycles. The predicted molar refractivity (Wildman–Crippen MR) is 107 cm³/mol. The van der Waals surface area contributed by atoms with Crippen LogP contribution in [0.15, 0.2) is 29.8 Å². The van der Waals surface area contributed by atoms with E-state index in [1.54, 1.807) is 12.1 Å². The highest BCUT2D eigenvalue weighted by Gasteiger charge is 2.31. The summed E-state index contributed by atoms with van der Waals surface area (Å²) in [5.41, 5.74) is 2.85. The van der Waals surface area contributed by atoms with Gasteiger partial charge in [0, 0.05) is 19.5 Å². The van der Waals surface area contributed by atoms with Gasteiger partial charge in [-0.3, -0.25) is 9.10 Å². The van der Waals surface area contributed by atoms with Gasteiger partial charge >= 0.3 is 0 Å². The van der Waals surface area contributed by atoms with E-state index < -0.39 is 16.1 Å². The maximum Gasteiger partial charge on any atom is 0.261 e. The normalized spacial score (nSPS) is 20.1. The number of hydrogen-bond acceptors (Lipinski definition) is 4. The Hall–Kier alpha value is -2.02. The zero-order valence-electron chi connectivity index (χ0n) is 16.0. The summed E-state index contributed by atoms with van der Waals surface area (Å²) in [7, 11) is -3.45. The Morgan fingerprint density at radius 1 is 1.33 bits per heavy atom.